The van der Waals surface area contributed by atoms with Crippen molar-refractivity contribution in [2.45, 2.75) is 13.5 Å². The van der Waals surface area contributed by atoms with E-state index >= 15 is 0 Å². The SMILES string of the molecule is Cc1ccc(-c2cnc3cnc(-c4cnn(Cc5ccccc5)c4)cn23)cc1. The van der Waals surface area contributed by atoms with E-state index in [9.17, 15) is 0 Å². The summed E-state index contributed by atoms with van der Waals surface area (Å²) in [6.45, 7) is 2.83. The highest BCUT2D eigenvalue weighted by atomic mass is 15.3. The molecule has 136 valence electrons. The first-order valence-electron chi connectivity index (χ1n) is 9.23. The lowest BCUT2D eigenvalue weighted by Crippen LogP contribution is -1.99. The van der Waals surface area contributed by atoms with Crippen LogP contribution in [0.1, 0.15) is 11.1 Å². The first-order valence-corrected chi connectivity index (χ1v) is 9.23. The van der Waals surface area contributed by atoms with Crippen LogP contribution in [0.4, 0.5) is 0 Å². The molecule has 5 heteroatoms. The summed E-state index contributed by atoms with van der Waals surface area (Å²) in [5, 5.41) is 4.50. The third kappa shape index (κ3) is 3.07. The highest BCUT2D eigenvalue weighted by Gasteiger charge is 2.10. The van der Waals surface area contributed by atoms with Crippen molar-refractivity contribution in [3.63, 3.8) is 0 Å². The fraction of sp³-hybridized carbons (Fsp3) is 0.0870. The summed E-state index contributed by atoms with van der Waals surface area (Å²) in [4.78, 5) is 9.07. The molecular weight excluding hydrogens is 346 g/mol. The number of aryl methyl sites for hydroxylation is 1. The maximum absolute atomic E-state index is 4.58. The van der Waals surface area contributed by atoms with E-state index in [0.29, 0.717) is 0 Å². The predicted octanol–water partition coefficient (Wildman–Crippen LogP) is 4.62. The Morgan fingerprint density at radius 1 is 0.786 bits per heavy atom. The minimum atomic E-state index is 0.739. The van der Waals surface area contributed by atoms with E-state index in [1.807, 2.05) is 53.9 Å². The van der Waals surface area contributed by atoms with Gasteiger partial charge in [0.2, 0.25) is 0 Å². The molecular formula is C23H19N5. The molecule has 28 heavy (non-hydrogen) atoms. The Morgan fingerprint density at radius 3 is 2.43 bits per heavy atom. The Bertz CT molecular complexity index is 1230. The molecule has 0 aliphatic rings. The molecule has 0 bridgehead atoms. The summed E-state index contributed by atoms with van der Waals surface area (Å²) in [7, 11) is 0. The Labute approximate surface area is 162 Å². The molecule has 0 fully saturated rings. The lowest BCUT2D eigenvalue weighted by Gasteiger charge is -2.04. The Balaban J connectivity index is 1.50. The minimum absolute atomic E-state index is 0.739. The van der Waals surface area contributed by atoms with Crippen molar-refractivity contribution in [2.24, 2.45) is 0 Å². The summed E-state index contributed by atoms with van der Waals surface area (Å²) in [6.07, 6.45) is 9.62. The summed E-state index contributed by atoms with van der Waals surface area (Å²) in [6, 6.07) is 18.8. The van der Waals surface area contributed by atoms with Crippen LogP contribution in [0.3, 0.4) is 0 Å². The molecule has 0 aliphatic carbocycles. The molecule has 0 amide bonds. The maximum Gasteiger partial charge on any atom is 0.155 e. The second-order valence-electron chi connectivity index (χ2n) is 6.92. The third-order valence-electron chi connectivity index (χ3n) is 4.86. The van der Waals surface area contributed by atoms with Crippen molar-refractivity contribution in [1.29, 1.82) is 0 Å². The molecule has 0 aliphatic heterocycles. The number of nitrogens with zero attached hydrogens (tertiary/aromatic N) is 5. The van der Waals surface area contributed by atoms with Crippen LogP contribution in [0.15, 0.2) is 85.6 Å². The van der Waals surface area contributed by atoms with Gasteiger partial charge in [-0.05, 0) is 12.5 Å². The first-order chi connectivity index (χ1) is 13.8. The molecule has 3 aromatic heterocycles. The van der Waals surface area contributed by atoms with Crippen molar-refractivity contribution < 1.29 is 0 Å². The van der Waals surface area contributed by atoms with Crippen molar-refractivity contribution in [2.75, 3.05) is 0 Å². The quantitative estimate of drug-likeness (QED) is 0.467. The van der Waals surface area contributed by atoms with Crippen LogP contribution in [0.5, 0.6) is 0 Å². The van der Waals surface area contributed by atoms with E-state index in [4.69, 9.17) is 0 Å². The number of hydrogen-bond donors (Lipinski definition) is 0. The summed E-state index contributed by atoms with van der Waals surface area (Å²) >= 11 is 0. The van der Waals surface area contributed by atoms with Gasteiger partial charge in [-0.25, -0.2) is 4.98 Å². The number of benzene rings is 2. The lowest BCUT2D eigenvalue weighted by atomic mass is 10.1. The molecule has 0 unspecified atom stereocenters. The smallest absolute Gasteiger partial charge is 0.155 e. The van der Waals surface area contributed by atoms with Crippen molar-refractivity contribution in [3.05, 3.63) is 96.7 Å². The van der Waals surface area contributed by atoms with Gasteiger partial charge in [0.25, 0.3) is 0 Å². The van der Waals surface area contributed by atoms with E-state index in [2.05, 4.69) is 62.8 Å². The van der Waals surface area contributed by atoms with Gasteiger partial charge in [-0.15, -0.1) is 0 Å². The summed E-state index contributed by atoms with van der Waals surface area (Å²) < 4.78 is 4.02. The van der Waals surface area contributed by atoms with Crippen LogP contribution >= 0.6 is 0 Å². The molecule has 0 N–H and O–H groups in total. The summed E-state index contributed by atoms with van der Waals surface area (Å²) in [5.74, 6) is 0. The van der Waals surface area contributed by atoms with Gasteiger partial charge in [-0.1, -0.05) is 60.2 Å². The van der Waals surface area contributed by atoms with Gasteiger partial charge in [-0.3, -0.25) is 14.1 Å². The number of aromatic nitrogens is 5. The van der Waals surface area contributed by atoms with Gasteiger partial charge >= 0.3 is 0 Å². The number of imidazole rings is 1. The predicted molar refractivity (Wildman–Crippen MR) is 110 cm³/mol. The van der Waals surface area contributed by atoms with Gasteiger partial charge in [-0.2, -0.15) is 5.10 Å². The maximum atomic E-state index is 4.58. The van der Waals surface area contributed by atoms with Crippen LogP contribution in [0.2, 0.25) is 0 Å². The zero-order valence-corrected chi connectivity index (χ0v) is 15.5. The van der Waals surface area contributed by atoms with Crippen LogP contribution in [-0.4, -0.2) is 24.1 Å². The molecule has 0 saturated heterocycles. The molecule has 3 heterocycles. The summed E-state index contributed by atoms with van der Waals surface area (Å²) in [5.41, 5.74) is 7.34. The molecule has 0 spiro atoms. The highest BCUT2D eigenvalue weighted by molar-refractivity contribution is 5.66. The van der Waals surface area contributed by atoms with Crippen LogP contribution < -0.4 is 0 Å². The first kappa shape index (κ1) is 16.4. The van der Waals surface area contributed by atoms with Crippen LogP contribution in [0, 0.1) is 6.92 Å². The van der Waals surface area contributed by atoms with Gasteiger partial charge in [0.1, 0.15) is 0 Å². The van der Waals surface area contributed by atoms with E-state index in [1.165, 1.54) is 11.1 Å². The van der Waals surface area contributed by atoms with Crippen LogP contribution in [-0.2, 0) is 6.54 Å². The highest BCUT2D eigenvalue weighted by Crippen LogP contribution is 2.24. The second kappa shape index (κ2) is 6.78. The average molecular weight is 365 g/mol. The molecule has 0 radical (unpaired) electrons. The Kier molecular flexibility index (Phi) is 3.98. The largest absolute Gasteiger partial charge is 0.296 e. The van der Waals surface area contributed by atoms with Crippen molar-refractivity contribution in [3.8, 4) is 22.5 Å². The van der Waals surface area contributed by atoms with Gasteiger partial charge in [0, 0.05) is 23.5 Å². The number of rotatable bonds is 4. The topological polar surface area (TPSA) is 48.0 Å². The van der Waals surface area contributed by atoms with Crippen LogP contribution in [0.25, 0.3) is 28.2 Å². The Morgan fingerprint density at radius 2 is 1.61 bits per heavy atom. The third-order valence-corrected chi connectivity index (χ3v) is 4.86. The molecule has 0 saturated carbocycles. The standard InChI is InChI=1S/C23H19N5/c1-17-7-9-19(10-8-17)22-12-25-23-13-24-21(16-28(22)23)20-11-26-27(15-20)14-18-5-3-2-4-6-18/h2-13,15-16H,14H2,1H3. The number of hydrogen-bond acceptors (Lipinski definition) is 3. The van der Waals surface area contributed by atoms with Gasteiger partial charge < -0.3 is 0 Å². The normalized spacial score (nSPS) is 11.2. The van der Waals surface area contributed by atoms with Crippen molar-refractivity contribution >= 4 is 5.65 Å². The zero-order chi connectivity index (χ0) is 18.9. The molecule has 2 aromatic carbocycles. The fourth-order valence-electron chi connectivity index (χ4n) is 3.33. The number of fused-ring (bicyclic) bond motifs is 1. The molecule has 5 nitrogen and oxygen atoms in total. The van der Waals surface area contributed by atoms with E-state index in [-0.39, 0.29) is 0 Å². The van der Waals surface area contributed by atoms with Gasteiger partial charge in [0.05, 0.1) is 36.5 Å². The second-order valence-corrected chi connectivity index (χ2v) is 6.92. The molecule has 5 aromatic rings. The van der Waals surface area contributed by atoms with Gasteiger partial charge in [0.15, 0.2) is 5.65 Å². The molecule has 5 rings (SSSR count). The lowest BCUT2D eigenvalue weighted by molar-refractivity contribution is 0.687. The van der Waals surface area contributed by atoms with E-state index in [1.54, 1.807) is 0 Å². The fourth-order valence-corrected chi connectivity index (χ4v) is 3.33. The van der Waals surface area contributed by atoms with E-state index in [0.717, 1.165) is 34.7 Å². The zero-order valence-electron chi connectivity index (χ0n) is 15.5. The molecule has 0 atom stereocenters. The monoisotopic (exact) mass is 365 g/mol. The van der Waals surface area contributed by atoms with E-state index < -0.39 is 0 Å². The minimum Gasteiger partial charge on any atom is -0.296 e. The Hall–Kier alpha value is -3.73. The van der Waals surface area contributed by atoms with Crippen molar-refractivity contribution in [1.82, 2.24) is 24.1 Å². The average Bonchev–Trinajstić information content (AvgIpc) is 3.36.